The van der Waals surface area contributed by atoms with E-state index in [0.29, 0.717) is 60.7 Å². The number of aliphatic carboxylic acids is 1. The summed E-state index contributed by atoms with van der Waals surface area (Å²) in [6.07, 6.45) is 17.2. The SMILES string of the molecule is C=C/C(C(=O)N(C)C1=CCC=C(Cl)C=C1)=C(\C=C\C1=NNOCC1)/N=C/CCCCC(=O)O. The first kappa shape index (κ1) is 26.0. The fourth-order valence-corrected chi connectivity index (χ4v) is 3.11. The number of rotatable bonds is 11. The van der Waals surface area contributed by atoms with Crippen molar-refractivity contribution in [2.45, 2.75) is 38.5 Å². The lowest BCUT2D eigenvalue weighted by Crippen LogP contribution is -2.27. The normalized spacial score (nSPS) is 17.0. The molecule has 0 atom stereocenters. The van der Waals surface area contributed by atoms with Crippen molar-refractivity contribution < 1.29 is 19.5 Å². The zero-order valence-electron chi connectivity index (χ0n) is 18.7. The number of likely N-dealkylation sites (N-methyl/N-ethyl adjacent to an activating group) is 1. The summed E-state index contributed by atoms with van der Waals surface area (Å²) in [6, 6.07) is 0. The number of aliphatic imine (C=N–C) groups is 1. The lowest BCUT2D eigenvalue weighted by Gasteiger charge is -2.19. The fourth-order valence-electron chi connectivity index (χ4n) is 2.96. The Balaban J connectivity index is 2.26. The first-order chi connectivity index (χ1) is 15.9. The number of amides is 1. The average Bonchev–Trinajstić information content (AvgIpc) is 3.03. The van der Waals surface area contributed by atoms with Crippen LogP contribution >= 0.6 is 11.6 Å². The van der Waals surface area contributed by atoms with Crippen molar-refractivity contribution in [3.05, 3.63) is 71.1 Å². The van der Waals surface area contributed by atoms with Crippen LogP contribution in [0.5, 0.6) is 0 Å². The first-order valence-corrected chi connectivity index (χ1v) is 11.0. The van der Waals surface area contributed by atoms with Crippen LogP contribution in [0.4, 0.5) is 0 Å². The molecule has 0 unspecified atom stereocenters. The Kier molecular flexibility index (Phi) is 11.1. The molecule has 0 spiro atoms. The van der Waals surface area contributed by atoms with E-state index in [4.69, 9.17) is 21.5 Å². The Morgan fingerprint density at radius 3 is 2.88 bits per heavy atom. The largest absolute Gasteiger partial charge is 0.481 e. The van der Waals surface area contributed by atoms with Crippen LogP contribution in [0.25, 0.3) is 0 Å². The third kappa shape index (κ3) is 9.03. The molecule has 0 aromatic carbocycles. The molecule has 1 aliphatic carbocycles. The van der Waals surface area contributed by atoms with Gasteiger partial charge in [-0.15, -0.1) is 0 Å². The zero-order valence-corrected chi connectivity index (χ0v) is 19.4. The topological polar surface area (TPSA) is 104 Å². The van der Waals surface area contributed by atoms with E-state index in [-0.39, 0.29) is 12.3 Å². The Bertz CT molecular complexity index is 958. The molecule has 0 saturated carbocycles. The van der Waals surface area contributed by atoms with Gasteiger partial charge in [-0.3, -0.25) is 19.4 Å². The molecule has 1 amide bonds. The zero-order chi connectivity index (χ0) is 24.1. The van der Waals surface area contributed by atoms with E-state index in [1.807, 2.05) is 12.2 Å². The molecule has 8 nitrogen and oxygen atoms in total. The number of carboxylic acids is 1. The molecule has 2 aliphatic rings. The van der Waals surface area contributed by atoms with Gasteiger partial charge in [0.25, 0.3) is 5.91 Å². The molecular formula is C24H29ClN4O4. The number of nitrogens with zero attached hydrogens (tertiary/aromatic N) is 3. The Hall–Kier alpha value is -3.23. The second-order valence-electron chi connectivity index (χ2n) is 7.23. The van der Waals surface area contributed by atoms with Gasteiger partial charge in [0.1, 0.15) is 0 Å². The van der Waals surface area contributed by atoms with Crippen LogP contribution in [0, 0.1) is 0 Å². The predicted octanol–water partition coefficient (Wildman–Crippen LogP) is 4.40. The number of carbonyl (C=O) groups is 2. The highest BCUT2D eigenvalue weighted by atomic mass is 35.5. The highest BCUT2D eigenvalue weighted by molar-refractivity contribution is 6.31. The molecule has 1 aliphatic heterocycles. The number of allylic oxidation sites excluding steroid dienone is 7. The third-order valence-corrected chi connectivity index (χ3v) is 5.09. The molecule has 33 heavy (non-hydrogen) atoms. The van der Waals surface area contributed by atoms with Gasteiger partial charge in [0.05, 0.1) is 23.6 Å². The van der Waals surface area contributed by atoms with Gasteiger partial charge in [0.2, 0.25) is 0 Å². The molecule has 0 aromatic heterocycles. The minimum Gasteiger partial charge on any atom is -0.481 e. The van der Waals surface area contributed by atoms with Crippen LogP contribution in [-0.2, 0) is 14.4 Å². The van der Waals surface area contributed by atoms with Crippen LogP contribution in [0.1, 0.15) is 38.5 Å². The molecule has 0 saturated heterocycles. The average molecular weight is 473 g/mol. The van der Waals surface area contributed by atoms with Crippen molar-refractivity contribution in [1.82, 2.24) is 10.5 Å². The molecule has 0 aromatic rings. The van der Waals surface area contributed by atoms with E-state index in [9.17, 15) is 9.59 Å². The van der Waals surface area contributed by atoms with E-state index < -0.39 is 5.97 Å². The summed E-state index contributed by atoms with van der Waals surface area (Å²) in [4.78, 5) is 35.0. The lowest BCUT2D eigenvalue weighted by atomic mass is 10.1. The summed E-state index contributed by atoms with van der Waals surface area (Å²) < 4.78 is 0. The summed E-state index contributed by atoms with van der Waals surface area (Å²) in [7, 11) is 1.69. The van der Waals surface area contributed by atoms with Crippen LogP contribution in [0.3, 0.4) is 0 Å². The quantitative estimate of drug-likeness (QED) is 0.201. The third-order valence-electron chi connectivity index (χ3n) is 4.81. The number of carboxylic acid groups (broad SMARTS) is 1. The maximum Gasteiger partial charge on any atom is 0.303 e. The van der Waals surface area contributed by atoms with E-state index in [0.717, 1.165) is 5.71 Å². The summed E-state index contributed by atoms with van der Waals surface area (Å²) in [5.41, 5.74) is 4.71. The van der Waals surface area contributed by atoms with Crippen LogP contribution < -0.4 is 5.59 Å². The summed E-state index contributed by atoms with van der Waals surface area (Å²) in [5.74, 6) is -1.09. The summed E-state index contributed by atoms with van der Waals surface area (Å²) >= 11 is 6.06. The van der Waals surface area contributed by atoms with Crippen molar-refractivity contribution in [2.24, 2.45) is 10.1 Å². The predicted molar refractivity (Wildman–Crippen MR) is 131 cm³/mol. The number of hydrogen-bond donors (Lipinski definition) is 2. The maximum absolute atomic E-state index is 13.3. The Morgan fingerprint density at radius 1 is 1.36 bits per heavy atom. The van der Waals surface area contributed by atoms with E-state index >= 15 is 0 Å². The fraction of sp³-hybridized carbons (Fsp3) is 0.333. The maximum atomic E-state index is 13.3. The van der Waals surface area contributed by atoms with Crippen LogP contribution in [-0.4, -0.2) is 47.5 Å². The standard InChI is InChI=1S/C24H29ClN4O4/c1-3-21(24(32)29(2)20-9-7-8-18(25)11-13-20)22(14-12-19-15-17-33-28-27-19)26-16-6-4-5-10-23(30)31/h3,8-9,11-14,16,28H,1,4-7,10,15,17H2,2H3,(H,30,31)/b14-12+,22-21-,26-16+. The highest BCUT2D eigenvalue weighted by Gasteiger charge is 2.18. The van der Waals surface area contributed by atoms with Crippen molar-refractivity contribution in [3.63, 3.8) is 0 Å². The molecule has 9 heteroatoms. The molecular weight excluding hydrogens is 444 g/mol. The number of halogens is 1. The molecule has 0 radical (unpaired) electrons. The highest BCUT2D eigenvalue weighted by Crippen LogP contribution is 2.20. The smallest absolute Gasteiger partial charge is 0.303 e. The van der Waals surface area contributed by atoms with E-state index in [2.05, 4.69) is 22.3 Å². The van der Waals surface area contributed by atoms with Crippen molar-refractivity contribution >= 4 is 35.4 Å². The van der Waals surface area contributed by atoms with Gasteiger partial charge in [0, 0.05) is 36.8 Å². The number of nitrogens with one attached hydrogen (secondary N) is 1. The first-order valence-electron chi connectivity index (χ1n) is 10.7. The van der Waals surface area contributed by atoms with Gasteiger partial charge in [-0.1, -0.05) is 36.4 Å². The summed E-state index contributed by atoms with van der Waals surface area (Å²) in [5, 5.41) is 13.4. The molecule has 176 valence electrons. The number of unbranched alkanes of at least 4 members (excludes halogenated alkanes) is 2. The number of hydrogen-bond acceptors (Lipinski definition) is 6. The van der Waals surface area contributed by atoms with Crippen molar-refractivity contribution in [1.29, 1.82) is 0 Å². The van der Waals surface area contributed by atoms with Gasteiger partial charge in [0.15, 0.2) is 0 Å². The lowest BCUT2D eigenvalue weighted by molar-refractivity contribution is -0.137. The Labute approximate surface area is 199 Å². The van der Waals surface area contributed by atoms with Gasteiger partial charge >= 0.3 is 5.97 Å². The van der Waals surface area contributed by atoms with Crippen molar-refractivity contribution in [2.75, 3.05) is 13.7 Å². The molecule has 1 heterocycles. The Morgan fingerprint density at radius 2 is 2.18 bits per heavy atom. The minimum absolute atomic E-state index is 0.119. The van der Waals surface area contributed by atoms with E-state index in [1.165, 1.54) is 11.0 Å². The minimum atomic E-state index is -0.817. The molecule has 2 rings (SSSR count). The summed E-state index contributed by atoms with van der Waals surface area (Å²) in [6.45, 7) is 4.31. The monoisotopic (exact) mass is 472 g/mol. The van der Waals surface area contributed by atoms with Gasteiger partial charge < -0.3 is 10.0 Å². The van der Waals surface area contributed by atoms with Crippen LogP contribution in [0.2, 0.25) is 0 Å². The van der Waals surface area contributed by atoms with Gasteiger partial charge in [-0.2, -0.15) is 10.7 Å². The van der Waals surface area contributed by atoms with Gasteiger partial charge in [-0.05, 0) is 50.0 Å². The van der Waals surface area contributed by atoms with Crippen LogP contribution in [0.15, 0.2) is 81.2 Å². The van der Waals surface area contributed by atoms with E-state index in [1.54, 1.807) is 37.6 Å². The second-order valence-corrected chi connectivity index (χ2v) is 7.67. The molecule has 0 fully saturated rings. The second kappa shape index (κ2) is 14.0. The molecule has 2 N–H and O–H groups in total. The molecule has 0 bridgehead atoms. The number of carbonyl (C=O) groups excluding carboxylic acids is 1. The number of hydrazone groups is 1. The van der Waals surface area contributed by atoms with Crippen molar-refractivity contribution in [3.8, 4) is 0 Å². The van der Waals surface area contributed by atoms with Gasteiger partial charge in [-0.25, -0.2) is 0 Å².